The van der Waals surface area contributed by atoms with E-state index in [1.54, 1.807) is 4.90 Å². The maximum Gasteiger partial charge on any atom is 0.254 e. The van der Waals surface area contributed by atoms with Crippen LogP contribution in [0.1, 0.15) is 29.8 Å². The first-order valence-corrected chi connectivity index (χ1v) is 7.92. The van der Waals surface area contributed by atoms with Crippen LogP contribution in [0.5, 0.6) is 0 Å². The number of rotatable bonds is 5. The summed E-state index contributed by atoms with van der Waals surface area (Å²) in [4.78, 5) is 16.6. The van der Waals surface area contributed by atoms with Crippen LogP contribution in [-0.4, -0.2) is 30.9 Å². The second-order valence-electron chi connectivity index (χ2n) is 6.32. The SMILES string of the molecule is CC(C)N(Cc1cc(N)ccc1N(C)C)C(=O)c1ccc(F)cc1. The van der Waals surface area contributed by atoms with E-state index >= 15 is 0 Å². The van der Waals surface area contributed by atoms with E-state index in [2.05, 4.69) is 0 Å². The Morgan fingerprint density at radius 3 is 2.29 bits per heavy atom. The summed E-state index contributed by atoms with van der Waals surface area (Å²) in [5.74, 6) is -0.481. The highest BCUT2D eigenvalue weighted by Crippen LogP contribution is 2.24. The first-order valence-electron chi connectivity index (χ1n) is 7.92. The summed E-state index contributed by atoms with van der Waals surface area (Å²) in [5, 5.41) is 0. The monoisotopic (exact) mass is 329 g/mol. The average molecular weight is 329 g/mol. The Bertz CT molecular complexity index is 711. The van der Waals surface area contributed by atoms with Crippen LogP contribution in [-0.2, 0) is 6.54 Å². The molecular formula is C19H24FN3O. The molecule has 0 radical (unpaired) electrons. The van der Waals surface area contributed by atoms with Crippen molar-refractivity contribution >= 4 is 17.3 Å². The van der Waals surface area contributed by atoms with Gasteiger partial charge in [-0.05, 0) is 61.9 Å². The third-order valence-corrected chi connectivity index (χ3v) is 3.90. The van der Waals surface area contributed by atoms with E-state index < -0.39 is 0 Å². The van der Waals surface area contributed by atoms with Gasteiger partial charge in [0.25, 0.3) is 5.91 Å². The van der Waals surface area contributed by atoms with Crippen molar-refractivity contribution in [2.24, 2.45) is 0 Å². The highest BCUT2D eigenvalue weighted by atomic mass is 19.1. The van der Waals surface area contributed by atoms with Gasteiger partial charge in [0.05, 0.1) is 0 Å². The van der Waals surface area contributed by atoms with Crippen molar-refractivity contribution in [2.45, 2.75) is 26.4 Å². The minimum Gasteiger partial charge on any atom is -0.399 e. The Kier molecular flexibility index (Phi) is 5.44. The van der Waals surface area contributed by atoms with Gasteiger partial charge in [-0.15, -0.1) is 0 Å². The van der Waals surface area contributed by atoms with Crippen LogP contribution in [0.25, 0.3) is 0 Å². The summed E-state index contributed by atoms with van der Waals surface area (Å²) in [6.07, 6.45) is 0. The van der Waals surface area contributed by atoms with E-state index in [1.165, 1.54) is 24.3 Å². The van der Waals surface area contributed by atoms with Gasteiger partial charge in [0.2, 0.25) is 0 Å². The Hall–Kier alpha value is -2.56. The van der Waals surface area contributed by atoms with Crippen molar-refractivity contribution in [1.82, 2.24) is 4.90 Å². The van der Waals surface area contributed by atoms with E-state index in [-0.39, 0.29) is 17.8 Å². The molecule has 0 bridgehead atoms. The van der Waals surface area contributed by atoms with Gasteiger partial charge in [-0.3, -0.25) is 4.79 Å². The van der Waals surface area contributed by atoms with Crippen molar-refractivity contribution < 1.29 is 9.18 Å². The highest BCUT2D eigenvalue weighted by Gasteiger charge is 2.21. The second-order valence-corrected chi connectivity index (χ2v) is 6.32. The summed E-state index contributed by atoms with van der Waals surface area (Å²) >= 11 is 0. The zero-order valence-corrected chi connectivity index (χ0v) is 14.6. The smallest absolute Gasteiger partial charge is 0.254 e. The number of nitrogens with zero attached hydrogens (tertiary/aromatic N) is 2. The molecule has 0 aliphatic carbocycles. The number of halogens is 1. The normalized spacial score (nSPS) is 10.8. The molecule has 0 saturated heterocycles. The minimum atomic E-state index is -0.353. The van der Waals surface area contributed by atoms with Crippen molar-refractivity contribution in [2.75, 3.05) is 24.7 Å². The number of benzene rings is 2. The van der Waals surface area contributed by atoms with Crippen LogP contribution in [0.4, 0.5) is 15.8 Å². The predicted molar refractivity (Wildman–Crippen MR) is 96.6 cm³/mol. The van der Waals surface area contributed by atoms with Gasteiger partial charge in [-0.2, -0.15) is 0 Å². The molecule has 128 valence electrons. The van der Waals surface area contributed by atoms with Crippen LogP contribution in [0.3, 0.4) is 0 Å². The number of anilines is 2. The van der Waals surface area contributed by atoms with Gasteiger partial charge in [-0.25, -0.2) is 4.39 Å². The Balaban J connectivity index is 2.34. The summed E-state index contributed by atoms with van der Waals surface area (Å²) < 4.78 is 13.1. The van der Waals surface area contributed by atoms with Crippen LogP contribution in [0, 0.1) is 5.82 Å². The van der Waals surface area contributed by atoms with Crippen molar-refractivity contribution in [3.63, 3.8) is 0 Å². The standard InChI is InChI=1S/C19H24FN3O/c1-13(2)23(19(24)14-5-7-16(20)8-6-14)12-15-11-17(21)9-10-18(15)22(3)4/h5-11,13H,12,21H2,1-4H3. The van der Waals surface area contributed by atoms with Gasteiger partial charge in [-0.1, -0.05) is 0 Å². The molecule has 0 unspecified atom stereocenters. The lowest BCUT2D eigenvalue weighted by molar-refractivity contribution is 0.0690. The molecule has 2 aromatic carbocycles. The molecule has 5 heteroatoms. The topological polar surface area (TPSA) is 49.6 Å². The molecular weight excluding hydrogens is 305 g/mol. The van der Waals surface area contributed by atoms with Crippen molar-refractivity contribution in [3.05, 3.63) is 59.4 Å². The largest absolute Gasteiger partial charge is 0.399 e. The first-order chi connectivity index (χ1) is 11.3. The molecule has 0 aromatic heterocycles. The molecule has 2 N–H and O–H groups in total. The van der Waals surface area contributed by atoms with Gasteiger partial charge in [0, 0.05) is 43.6 Å². The molecule has 0 heterocycles. The van der Waals surface area contributed by atoms with Gasteiger partial charge >= 0.3 is 0 Å². The van der Waals surface area contributed by atoms with Gasteiger partial charge < -0.3 is 15.5 Å². The van der Waals surface area contributed by atoms with E-state index in [9.17, 15) is 9.18 Å². The highest BCUT2D eigenvalue weighted by molar-refractivity contribution is 5.94. The van der Waals surface area contributed by atoms with E-state index in [4.69, 9.17) is 5.73 Å². The average Bonchev–Trinajstić information content (AvgIpc) is 2.52. The number of nitrogen functional groups attached to an aromatic ring is 1. The van der Waals surface area contributed by atoms with Crippen molar-refractivity contribution in [1.29, 1.82) is 0 Å². The molecule has 0 spiro atoms. The zero-order chi connectivity index (χ0) is 17.9. The maximum absolute atomic E-state index is 13.1. The number of hydrogen-bond acceptors (Lipinski definition) is 3. The molecule has 24 heavy (non-hydrogen) atoms. The fourth-order valence-electron chi connectivity index (χ4n) is 2.60. The second kappa shape index (κ2) is 7.34. The molecule has 4 nitrogen and oxygen atoms in total. The molecule has 2 rings (SSSR count). The van der Waals surface area contributed by atoms with E-state index in [0.717, 1.165) is 11.3 Å². The first kappa shape index (κ1) is 17.8. The summed E-state index contributed by atoms with van der Waals surface area (Å²) in [7, 11) is 3.91. The third kappa shape index (κ3) is 4.04. The lowest BCUT2D eigenvalue weighted by Crippen LogP contribution is -2.36. The van der Waals surface area contributed by atoms with Crippen LogP contribution in [0.2, 0.25) is 0 Å². The molecule has 2 aromatic rings. The Morgan fingerprint density at radius 1 is 1.12 bits per heavy atom. The zero-order valence-electron chi connectivity index (χ0n) is 14.6. The lowest BCUT2D eigenvalue weighted by atomic mass is 10.1. The quantitative estimate of drug-likeness (QED) is 0.854. The van der Waals surface area contributed by atoms with Crippen LogP contribution >= 0.6 is 0 Å². The molecule has 0 atom stereocenters. The predicted octanol–water partition coefficient (Wildman–Crippen LogP) is 3.52. The number of carbonyl (C=O) groups is 1. The number of carbonyl (C=O) groups excluding carboxylic acids is 1. The molecule has 0 fully saturated rings. The van der Waals surface area contributed by atoms with Gasteiger partial charge in [0.1, 0.15) is 5.82 Å². The van der Waals surface area contributed by atoms with Crippen LogP contribution < -0.4 is 10.6 Å². The number of nitrogens with two attached hydrogens (primary N) is 1. The molecule has 1 amide bonds. The maximum atomic E-state index is 13.1. The van der Waals surface area contributed by atoms with Gasteiger partial charge in [0.15, 0.2) is 0 Å². The fourth-order valence-corrected chi connectivity index (χ4v) is 2.60. The molecule has 0 saturated carbocycles. The van der Waals surface area contributed by atoms with E-state index in [1.807, 2.05) is 51.0 Å². The lowest BCUT2D eigenvalue weighted by Gasteiger charge is -2.29. The fraction of sp³-hybridized carbons (Fsp3) is 0.316. The van der Waals surface area contributed by atoms with Crippen LogP contribution in [0.15, 0.2) is 42.5 Å². The number of hydrogen-bond donors (Lipinski definition) is 1. The molecule has 0 aliphatic rings. The summed E-state index contributed by atoms with van der Waals surface area (Å²) in [5.41, 5.74) is 9.04. The summed E-state index contributed by atoms with van der Waals surface area (Å²) in [6.45, 7) is 4.36. The minimum absolute atomic E-state index is 0.000930. The van der Waals surface area contributed by atoms with E-state index in [0.29, 0.717) is 17.8 Å². The third-order valence-electron chi connectivity index (χ3n) is 3.90. The van der Waals surface area contributed by atoms with Crippen molar-refractivity contribution in [3.8, 4) is 0 Å². The Labute approximate surface area is 142 Å². The summed E-state index contributed by atoms with van der Waals surface area (Å²) in [6, 6.07) is 11.3. The molecule has 0 aliphatic heterocycles. The number of amides is 1. The Morgan fingerprint density at radius 2 is 1.75 bits per heavy atom.